The van der Waals surface area contributed by atoms with E-state index in [1.165, 1.54) is 16.4 Å². The lowest BCUT2D eigenvalue weighted by Crippen LogP contribution is -2.48. The molecule has 0 aliphatic carbocycles. The van der Waals surface area contributed by atoms with E-state index in [1.54, 1.807) is 6.07 Å². The van der Waals surface area contributed by atoms with Gasteiger partial charge in [0.2, 0.25) is 15.9 Å². The van der Waals surface area contributed by atoms with Crippen molar-refractivity contribution in [2.24, 2.45) is 0 Å². The number of carbonyl (C=O) groups excluding carboxylic acids is 1. The fraction of sp³-hybridized carbons (Fsp3) is 0.588. The smallest absolute Gasteiger partial charge is 0.243 e. The van der Waals surface area contributed by atoms with Gasteiger partial charge in [-0.1, -0.05) is 6.92 Å². The summed E-state index contributed by atoms with van der Waals surface area (Å²) in [5.41, 5.74) is 0. The summed E-state index contributed by atoms with van der Waals surface area (Å²) < 4.78 is 38.3. The molecule has 1 fully saturated rings. The third-order valence-electron chi connectivity index (χ3n) is 4.63. The van der Waals surface area contributed by atoms with Crippen molar-refractivity contribution >= 4 is 15.9 Å². The highest BCUT2D eigenvalue weighted by Crippen LogP contribution is 2.34. The monoisotopic (exact) mass is 368 g/mol. The van der Waals surface area contributed by atoms with E-state index in [9.17, 15) is 13.2 Å². The van der Waals surface area contributed by atoms with Gasteiger partial charge in [0.05, 0.1) is 4.90 Å². The SMILES string of the molecule is CCC(C)NC(=O)C1CCCN1S(=O)(=O)c1ccc2c(c1)OCCO2. The van der Waals surface area contributed by atoms with E-state index in [1.807, 2.05) is 13.8 Å². The second kappa shape index (κ2) is 7.21. The van der Waals surface area contributed by atoms with Crippen molar-refractivity contribution in [2.75, 3.05) is 19.8 Å². The number of hydrogen-bond acceptors (Lipinski definition) is 5. The first kappa shape index (κ1) is 18.0. The van der Waals surface area contributed by atoms with Crippen LogP contribution in [0.3, 0.4) is 0 Å². The van der Waals surface area contributed by atoms with E-state index in [2.05, 4.69) is 5.32 Å². The molecule has 0 bridgehead atoms. The topological polar surface area (TPSA) is 84.9 Å². The molecular formula is C17H24N2O5S. The molecule has 3 rings (SSSR count). The van der Waals surface area contributed by atoms with Crippen molar-refractivity contribution in [2.45, 2.75) is 50.1 Å². The molecule has 2 aliphatic heterocycles. The first-order chi connectivity index (χ1) is 11.9. The molecule has 1 aromatic carbocycles. The Balaban J connectivity index is 1.84. The molecule has 2 aliphatic rings. The molecular weight excluding hydrogens is 344 g/mol. The number of nitrogens with zero attached hydrogens (tertiary/aromatic N) is 1. The minimum absolute atomic E-state index is 0.0203. The first-order valence-corrected chi connectivity index (χ1v) is 10.1. The average molecular weight is 368 g/mol. The van der Waals surface area contributed by atoms with E-state index in [-0.39, 0.29) is 16.8 Å². The fourth-order valence-corrected chi connectivity index (χ4v) is 4.72. The van der Waals surface area contributed by atoms with E-state index in [0.29, 0.717) is 44.1 Å². The summed E-state index contributed by atoms with van der Waals surface area (Å²) in [5.74, 6) is 0.734. The number of carbonyl (C=O) groups is 1. The summed E-state index contributed by atoms with van der Waals surface area (Å²) >= 11 is 0. The summed E-state index contributed by atoms with van der Waals surface area (Å²) in [6.45, 7) is 5.06. The Morgan fingerprint density at radius 2 is 2.04 bits per heavy atom. The third-order valence-corrected chi connectivity index (χ3v) is 6.53. The van der Waals surface area contributed by atoms with E-state index in [0.717, 1.165) is 6.42 Å². The van der Waals surface area contributed by atoms with Gasteiger partial charge in [0, 0.05) is 18.7 Å². The lowest BCUT2D eigenvalue weighted by atomic mass is 10.2. The van der Waals surface area contributed by atoms with Crippen molar-refractivity contribution in [3.63, 3.8) is 0 Å². The zero-order valence-corrected chi connectivity index (χ0v) is 15.3. The van der Waals surface area contributed by atoms with Crippen molar-refractivity contribution in [1.82, 2.24) is 9.62 Å². The Labute approximate surface area is 148 Å². The van der Waals surface area contributed by atoms with E-state index in [4.69, 9.17) is 9.47 Å². The molecule has 0 saturated carbocycles. The molecule has 0 aromatic heterocycles. The molecule has 0 spiro atoms. The molecule has 1 saturated heterocycles. The average Bonchev–Trinajstić information content (AvgIpc) is 3.12. The summed E-state index contributed by atoms with van der Waals surface area (Å²) in [6, 6.07) is 3.95. The molecule has 2 heterocycles. The number of benzene rings is 1. The van der Waals surface area contributed by atoms with Crippen molar-refractivity contribution in [3.05, 3.63) is 18.2 Å². The number of nitrogens with one attached hydrogen (secondary N) is 1. The van der Waals surface area contributed by atoms with Crippen molar-refractivity contribution in [3.8, 4) is 11.5 Å². The molecule has 25 heavy (non-hydrogen) atoms. The zero-order valence-electron chi connectivity index (χ0n) is 14.5. The number of sulfonamides is 1. The van der Waals surface area contributed by atoms with Crippen LogP contribution in [0.1, 0.15) is 33.1 Å². The van der Waals surface area contributed by atoms with Gasteiger partial charge < -0.3 is 14.8 Å². The Morgan fingerprint density at radius 1 is 1.32 bits per heavy atom. The molecule has 2 atom stereocenters. The van der Waals surface area contributed by atoms with Crippen LogP contribution in [0.4, 0.5) is 0 Å². The van der Waals surface area contributed by atoms with Gasteiger partial charge in [-0.05, 0) is 38.3 Å². The molecule has 138 valence electrons. The van der Waals surface area contributed by atoms with Gasteiger partial charge in [-0.2, -0.15) is 4.31 Å². The zero-order chi connectivity index (χ0) is 18.0. The minimum Gasteiger partial charge on any atom is -0.486 e. The summed E-state index contributed by atoms with van der Waals surface area (Å²) in [6.07, 6.45) is 2.00. The minimum atomic E-state index is -3.77. The molecule has 7 nitrogen and oxygen atoms in total. The molecule has 1 aromatic rings. The lowest BCUT2D eigenvalue weighted by molar-refractivity contribution is -0.124. The maximum atomic E-state index is 13.0. The number of rotatable bonds is 5. The molecule has 1 amide bonds. The van der Waals surface area contributed by atoms with Crippen LogP contribution in [0.2, 0.25) is 0 Å². The van der Waals surface area contributed by atoms with E-state index < -0.39 is 16.1 Å². The number of hydrogen-bond donors (Lipinski definition) is 1. The lowest BCUT2D eigenvalue weighted by Gasteiger charge is -2.25. The van der Waals surface area contributed by atoms with Crippen molar-refractivity contribution < 1.29 is 22.7 Å². The van der Waals surface area contributed by atoms with Gasteiger partial charge in [-0.3, -0.25) is 4.79 Å². The standard InChI is InChI=1S/C17H24N2O5S/c1-3-12(2)18-17(20)14-5-4-8-19(14)25(21,22)13-6-7-15-16(11-13)24-10-9-23-15/h6-7,11-12,14H,3-5,8-10H2,1-2H3,(H,18,20). The van der Waals surface area contributed by atoms with Crippen molar-refractivity contribution in [1.29, 1.82) is 0 Å². The second-order valence-corrected chi connectivity index (χ2v) is 8.29. The van der Waals surface area contributed by atoms with Crippen LogP contribution in [0, 0.1) is 0 Å². The fourth-order valence-electron chi connectivity index (χ4n) is 3.05. The Hall–Kier alpha value is -1.80. The van der Waals surface area contributed by atoms with Crippen LogP contribution in [-0.4, -0.2) is 50.5 Å². The van der Waals surface area contributed by atoms with Gasteiger partial charge in [0.1, 0.15) is 19.3 Å². The normalized spacial score (nSPS) is 21.8. The Kier molecular flexibility index (Phi) is 5.19. The highest BCUT2D eigenvalue weighted by molar-refractivity contribution is 7.89. The summed E-state index contributed by atoms with van der Waals surface area (Å²) in [4.78, 5) is 12.6. The van der Waals surface area contributed by atoms with Crippen LogP contribution in [0.5, 0.6) is 11.5 Å². The van der Waals surface area contributed by atoms with Crippen LogP contribution >= 0.6 is 0 Å². The quantitative estimate of drug-likeness (QED) is 0.852. The van der Waals surface area contributed by atoms with Crippen LogP contribution in [-0.2, 0) is 14.8 Å². The van der Waals surface area contributed by atoms with Crippen LogP contribution in [0.25, 0.3) is 0 Å². The van der Waals surface area contributed by atoms with Crippen LogP contribution < -0.4 is 14.8 Å². The second-order valence-electron chi connectivity index (χ2n) is 6.40. The predicted octanol–water partition coefficient (Wildman–Crippen LogP) is 1.53. The number of fused-ring (bicyclic) bond motifs is 1. The maximum absolute atomic E-state index is 13.0. The van der Waals surface area contributed by atoms with Gasteiger partial charge in [0.25, 0.3) is 0 Å². The molecule has 8 heteroatoms. The summed E-state index contributed by atoms with van der Waals surface area (Å²) in [5, 5.41) is 2.89. The van der Waals surface area contributed by atoms with Crippen LogP contribution in [0.15, 0.2) is 23.1 Å². The van der Waals surface area contributed by atoms with Gasteiger partial charge in [-0.15, -0.1) is 0 Å². The Morgan fingerprint density at radius 3 is 2.76 bits per heavy atom. The van der Waals surface area contributed by atoms with Gasteiger partial charge in [0.15, 0.2) is 11.5 Å². The Bertz CT molecular complexity index is 749. The van der Waals surface area contributed by atoms with Gasteiger partial charge >= 0.3 is 0 Å². The largest absolute Gasteiger partial charge is 0.486 e. The van der Waals surface area contributed by atoms with Gasteiger partial charge in [-0.25, -0.2) is 8.42 Å². The molecule has 1 N–H and O–H groups in total. The predicted molar refractivity (Wildman–Crippen MR) is 92.2 cm³/mol. The highest BCUT2D eigenvalue weighted by atomic mass is 32.2. The first-order valence-electron chi connectivity index (χ1n) is 8.65. The summed E-state index contributed by atoms with van der Waals surface area (Å²) in [7, 11) is -3.77. The maximum Gasteiger partial charge on any atom is 0.243 e. The molecule has 2 unspecified atom stereocenters. The highest BCUT2D eigenvalue weighted by Gasteiger charge is 2.40. The number of ether oxygens (including phenoxy) is 2. The third kappa shape index (κ3) is 3.59. The molecule has 0 radical (unpaired) electrons. The van der Waals surface area contributed by atoms with E-state index >= 15 is 0 Å². The number of amides is 1.